The summed E-state index contributed by atoms with van der Waals surface area (Å²) in [7, 11) is 0. The third-order valence-electron chi connectivity index (χ3n) is 5.38. The first-order valence-electron chi connectivity index (χ1n) is 13.8. The molecule has 0 aliphatic rings. The molecular weight excluding hydrogens is 737 g/mol. The molecule has 4 aromatic rings. The third kappa shape index (κ3) is 14.4. The first-order chi connectivity index (χ1) is 20.5. The molecule has 0 aliphatic heterocycles. The molecule has 1 radical (unpaired) electrons. The van der Waals surface area contributed by atoms with E-state index in [0.29, 0.717) is 23.5 Å². The van der Waals surface area contributed by atoms with Crippen molar-refractivity contribution in [1.82, 2.24) is 9.97 Å². The molecule has 0 amide bonds. The fraction of sp³-hybridized carbons (Fsp3) is 0.257. The SMILES string of the molecule is C=C(C)C(=O)Oc1c[c-]c(-c2ccccn2)cc1.CC(C)C(=O)Oc1c[c-]c(-c2ccccn2)cc1.CC(O)CC(C)O.[Ir]. The molecular formula is C35H38IrN2O6-2. The van der Waals surface area contributed by atoms with Crippen LogP contribution in [0.3, 0.4) is 0 Å². The second-order valence-electron chi connectivity index (χ2n) is 9.99. The van der Waals surface area contributed by atoms with Gasteiger partial charge in [0.1, 0.15) is 0 Å². The average Bonchev–Trinajstić information content (AvgIpc) is 2.98. The van der Waals surface area contributed by atoms with Crippen LogP contribution in [0.15, 0.2) is 97.3 Å². The molecule has 8 nitrogen and oxygen atoms in total. The van der Waals surface area contributed by atoms with Gasteiger partial charge in [0.15, 0.2) is 0 Å². The Bertz CT molecular complexity index is 1400. The first-order valence-corrected chi connectivity index (χ1v) is 13.8. The van der Waals surface area contributed by atoms with Crippen molar-refractivity contribution in [3.63, 3.8) is 0 Å². The molecule has 0 saturated carbocycles. The molecule has 9 heteroatoms. The van der Waals surface area contributed by atoms with Crippen molar-refractivity contribution < 1.29 is 49.4 Å². The van der Waals surface area contributed by atoms with Crippen LogP contribution in [0.25, 0.3) is 22.5 Å². The van der Waals surface area contributed by atoms with Gasteiger partial charge in [0.05, 0.1) is 18.1 Å². The van der Waals surface area contributed by atoms with E-state index in [0.717, 1.165) is 22.5 Å². The number of esters is 2. The van der Waals surface area contributed by atoms with Crippen LogP contribution in [0.1, 0.15) is 41.0 Å². The number of pyridine rings is 2. The van der Waals surface area contributed by atoms with Crippen LogP contribution in [0.4, 0.5) is 0 Å². The van der Waals surface area contributed by atoms with Gasteiger partial charge >= 0.3 is 11.9 Å². The largest absolute Gasteiger partial charge is 0.475 e. The molecule has 4 rings (SSSR count). The minimum Gasteiger partial charge on any atom is -0.475 e. The van der Waals surface area contributed by atoms with E-state index in [4.69, 9.17) is 19.7 Å². The molecule has 0 aliphatic carbocycles. The minimum absolute atomic E-state index is 0. The monoisotopic (exact) mass is 775 g/mol. The number of aromatic nitrogens is 2. The Morgan fingerprint density at radius 2 is 1.23 bits per heavy atom. The van der Waals surface area contributed by atoms with Gasteiger partial charge in [-0.3, -0.25) is 4.79 Å². The van der Waals surface area contributed by atoms with Gasteiger partial charge in [-0.05, 0) is 50.7 Å². The topological polar surface area (TPSA) is 119 Å². The molecule has 0 saturated heterocycles. The molecule has 2 N–H and O–H groups in total. The summed E-state index contributed by atoms with van der Waals surface area (Å²) in [5.74, 6) is 0.138. The number of aliphatic hydroxyl groups excluding tert-OH is 2. The predicted molar refractivity (Wildman–Crippen MR) is 166 cm³/mol. The van der Waals surface area contributed by atoms with Gasteiger partial charge < -0.3 is 29.7 Å². The number of nitrogens with zero attached hydrogens (tertiary/aromatic N) is 2. The summed E-state index contributed by atoms with van der Waals surface area (Å²) < 4.78 is 10.3. The van der Waals surface area contributed by atoms with Gasteiger partial charge in [-0.2, -0.15) is 0 Å². The summed E-state index contributed by atoms with van der Waals surface area (Å²) in [5, 5.41) is 17.1. The van der Waals surface area contributed by atoms with Crippen molar-refractivity contribution in [2.75, 3.05) is 0 Å². The van der Waals surface area contributed by atoms with Gasteiger partial charge in [0, 0.05) is 49.6 Å². The van der Waals surface area contributed by atoms with Crippen molar-refractivity contribution in [3.8, 4) is 34.0 Å². The Labute approximate surface area is 273 Å². The Morgan fingerprint density at radius 3 is 1.52 bits per heavy atom. The molecule has 2 aromatic carbocycles. The quantitative estimate of drug-likeness (QED) is 0.0931. The van der Waals surface area contributed by atoms with E-state index in [1.807, 2.05) is 48.5 Å². The maximum Gasteiger partial charge on any atom is 0.329 e. The molecule has 2 unspecified atom stereocenters. The predicted octanol–water partition coefficient (Wildman–Crippen LogP) is 6.28. The van der Waals surface area contributed by atoms with Crippen LogP contribution in [-0.2, 0) is 29.7 Å². The van der Waals surface area contributed by atoms with Crippen LogP contribution < -0.4 is 9.47 Å². The Hall–Kier alpha value is -4.01. The zero-order valence-electron chi connectivity index (χ0n) is 25.5. The summed E-state index contributed by atoms with van der Waals surface area (Å²) in [4.78, 5) is 31.2. The summed E-state index contributed by atoms with van der Waals surface area (Å²) in [6, 6.07) is 27.8. The summed E-state index contributed by atoms with van der Waals surface area (Å²) in [6.45, 7) is 12.0. The van der Waals surface area contributed by atoms with Crippen LogP contribution in [0, 0.1) is 18.1 Å². The van der Waals surface area contributed by atoms with Gasteiger partial charge in [0.25, 0.3) is 0 Å². The van der Waals surface area contributed by atoms with Gasteiger partial charge in [-0.1, -0.05) is 44.7 Å². The number of carbonyl (C=O) groups excluding carboxylic acids is 2. The van der Waals surface area contributed by atoms with Crippen molar-refractivity contribution in [2.24, 2.45) is 5.92 Å². The molecule has 0 fully saturated rings. The fourth-order valence-electron chi connectivity index (χ4n) is 3.23. The standard InChI is InChI=1S/C15H14NO2.C15H12NO2.C5H12O2.Ir/c2*1-11(2)15(17)18-13-8-6-12(7-9-13)14-5-3-4-10-16-14;1-4(6)3-5(2)7;/h3-6,8-11H,1-2H3;3-6,8-10H,1H2,2H3;4-7H,3H2,1-2H3;/q2*-1;;. The molecule has 0 bridgehead atoms. The van der Waals surface area contributed by atoms with E-state index in [1.54, 1.807) is 71.3 Å². The van der Waals surface area contributed by atoms with Crippen LogP contribution in [0.5, 0.6) is 11.5 Å². The van der Waals surface area contributed by atoms with Gasteiger partial charge in [-0.25, -0.2) is 4.79 Å². The normalized spacial score (nSPS) is 11.3. The first kappa shape index (κ1) is 38.0. The summed E-state index contributed by atoms with van der Waals surface area (Å²) in [6.07, 6.45) is 3.17. The summed E-state index contributed by atoms with van der Waals surface area (Å²) in [5.41, 5.74) is 3.77. The number of hydrogen-bond donors (Lipinski definition) is 2. The summed E-state index contributed by atoms with van der Waals surface area (Å²) >= 11 is 0. The van der Waals surface area contributed by atoms with E-state index in [1.165, 1.54) is 0 Å². The van der Waals surface area contributed by atoms with Crippen LogP contribution in [-0.4, -0.2) is 44.3 Å². The molecule has 2 atom stereocenters. The zero-order valence-corrected chi connectivity index (χ0v) is 27.9. The molecule has 2 heterocycles. The second-order valence-corrected chi connectivity index (χ2v) is 9.99. The number of ether oxygens (including phenoxy) is 2. The van der Waals surface area contributed by atoms with E-state index in [9.17, 15) is 9.59 Å². The molecule has 44 heavy (non-hydrogen) atoms. The number of rotatable bonds is 8. The minimum atomic E-state index is -0.436. The van der Waals surface area contributed by atoms with Gasteiger partial charge in [-0.15, -0.1) is 59.7 Å². The Balaban J connectivity index is 0.000000357. The van der Waals surface area contributed by atoms with Crippen molar-refractivity contribution in [1.29, 1.82) is 0 Å². The maximum absolute atomic E-state index is 11.4. The van der Waals surface area contributed by atoms with Crippen molar-refractivity contribution in [2.45, 2.75) is 53.2 Å². The van der Waals surface area contributed by atoms with E-state index >= 15 is 0 Å². The smallest absolute Gasteiger partial charge is 0.329 e. The zero-order chi connectivity index (χ0) is 31.8. The second kappa shape index (κ2) is 20.0. The fourth-order valence-corrected chi connectivity index (χ4v) is 3.23. The Morgan fingerprint density at radius 1 is 0.773 bits per heavy atom. The van der Waals surface area contributed by atoms with Crippen LogP contribution >= 0.6 is 0 Å². The average molecular weight is 775 g/mol. The van der Waals surface area contributed by atoms with Crippen LogP contribution in [0.2, 0.25) is 0 Å². The van der Waals surface area contributed by atoms with Crippen molar-refractivity contribution in [3.05, 3.63) is 109 Å². The van der Waals surface area contributed by atoms with E-state index < -0.39 is 5.97 Å². The number of aliphatic hydroxyl groups is 2. The maximum atomic E-state index is 11.4. The number of carbonyl (C=O) groups is 2. The van der Waals surface area contributed by atoms with E-state index in [-0.39, 0.29) is 44.2 Å². The number of hydrogen-bond acceptors (Lipinski definition) is 8. The molecule has 2 aromatic heterocycles. The van der Waals surface area contributed by atoms with E-state index in [2.05, 4.69) is 28.7 Å². The van der Waals surface area contributed by atoms with Gasteiger partial charge in [0.2, 0.25) is 0 Å². The van der Waals surface area contributed by atoms with Crippen molar-refractivity contribution >= 4 is 11.9 Å². The number of benzene rings is 2. The molecule has 235 valence electrons. The third-order valence-corrected chi connectivity index (χ3v) is 5.38. The Kier molecular flexibility index (Phi) is 17.3. The molecule has 0 spiro atoms.